The van der Waals surface area contributed by atoms with Crippen molar-refractivity contribution in [1.82, 2.24) is 9.13 Å². The molecule has 0 unspecified atom stereocenters. The van der Waals surface area contributed by atoms with Crippen molar-refractivity contribution >= 4 is 21.6 Å². The van der Waals surface area contributed by atoms with E-state index in [1.54, 1.807) is 4.57 Å². The zero-order valence-electron chi connectivity index (χ0n) is 16.2. The Morgan fingerprint density at radius 2 is 1.50 bits per heavy atom. The topological polar surface area (TPSA) is 44.0 Å². The fraction of sp³-hybridized carbons (Fsp3) is 0.217. The second-order valence-corrected chi connectivity index (χ2v) is 8.34. The average molecular weight is 391 g/mol. The molecular weight excluding hydrogens is 368 g/mol. The molecule has 0 aliphatic carbocycles. The van der Waals surface area contributed by atoms with Crippen LogP contribution < -0.4 is 11.2 Å². The van der Waals surface area contributed by atoms with Crippen LogP contribution in [-0.2, 0) is 13.1 Å². The number of fused-ring (bicyclic) bond motifs is 1. The molecule has 0 aliphatic heterocycles. The van der Waals surface area contributed by atoms with Crippen molar-refractivity contribution in [2.75, 3.05) is 0 Å². The number of nitrogens with zero attached hydrogens (tertiary/aromatic N) is 2. The van der Waals surface area contributed by atoms with E-state index in [4.69, 9.17) is 0 Å². The largest absolute Gasteiger partial charge is 0.332 e. The Kier molecular flexibility index (Phi) is 4.77. The van der Waals surface area contributed by atoms with Crippen molar-refractivity contribution in [3.05, 3.63) is 103 Å². The molecule has 0 saturated heterocycles. The molecule has 0 saturated carbocycles. The van der Waals surface area contributed by atoms with Gasteiger partial charge in [0.05, 0.1) is 18.5 Å². The van der Waals surface area contributed by atoms with Crippen molar-refractivity contribution in [2.45, 2.75) is 33.9 Å². The highest BCUT2D eigenvalue weighted by Gasteiger charge is 2.19. The predicted octanol–water partition coefficient (Wildman–Crippen LogP) is 4.25. The molecule has 0 fully saturated rings. The van der Waals surface area contributed by atoms with Gasteiger partial charge in [0.15, 0.2) is 0 Å². The van der Waals surface area contributed by atoms with E-state index in [0.717, 1.165) is 32.0 Å². The summed E-state index contributed by atoms with van der Waals surface area (Å²) in [5, 5.41) is 0.659. The molecule has 0 spiro atoms. The fourth-order valence-electron chi connectivity index (χ4n) is 3.51. The molecule has 5 heteroatoms. The van der Waals surface area contributed by atoms with E-state index >= 15 is 0 Å². The predicted molar refractivity (Wildman–Crippen MR) is 116 cm³/mol. The quantitative estimate of drug-likeness (QED) is 0.523. The first kappa shape index (κ1) is 18.4. The summed E-state index contributed by atoms with van der Waals surface area (Å²) >= 11 is 1.52. The second-order valence-electron chi connectivity index (χ2n) is 7.14. The summed E-state index contributed by atoms with van der Waals surface area (Å²) in [4.78, 5) is 28.4. The SMILES string of the molecule is Cc1ccccc1Cn1c(=O)n(Cc2ccccc2)c(=O)c2c(C)c(C)sc21. The van der Waals surface area contributed by atoms with Gasteiger partial charge in [0.25, 0.3) is 5.56 Å². The second kappa shape index (κ2) is 7.24. The molecule has 0 aliphatic rings. The maximum Gasteiger partial charge on any atom is 0.332 e. The van der Waals surface area contributed by atoms with Crippen LogP contribution in [0.5, 0.6) is 0 Å². The minimum atomic E-state index is -0.258. The third-order valence-electron chi connectivity index (χ3n) is 5.31. The number of aryl methyl sites for hydroxylation is 3. The lowest BCUT2D eigenvalue weighted by molar-refractivity contribution is 0.636. The van der Waals surface area contributed by atoms with Crippen molar-refractivity contribution < 1.29 is 0 Å². The van der Waals surface area contributed by atoms with E-state index < -0.39 is 0 Å². The molecule has 28 heavy (non-hydrogen) atoms. The van der Waals surface area contributed by atoms with Gasteiger partial charge in [-0.2, -0.15) is 0 Å². The van der Waals surface area contributed by atoms with E-state index in [9.17, 15) is 9.59 Å². The van der Waals surface area contributed by atoms with Crippen LogP contribution in [0.15, 0.2) is 64.2 Å². The first-order valence-corrected chi connectivity index (χ1v) is 10.1. The lowest BCUT2D eigenvalue weighted by Crippen LogP contribution is -2.40. The summed E-state index contributed by atoms with van der Waals surface area (Å²) in [6.45, 7) is 6.74. The van der Waals surface area contributed by atoms with Gasteiger partial charge < -0.3 is 0 Å². The molecule has 0 radical (unpaired) electrons. The molecule has 2 aromatic heterocycles. The first-order chi connectivity index (χ1) is 13.5. The van der Waals surface area contributed by atoms with Gasteiger partial charge in [0.2, 0.25) is 0 Å². The molecule has 142 valence electrons. The summed E-state index contributed by atoms with van der Waals surface area (Å²) in [5.74, 6) is 0. The van der Waals surface area contributed by atoms with Crippen molar-refractivity contribution in [2.24, 2.45) is 0 Å². The molecule has 4 nitrogen and oxygen atoms in total. The van der Waals surface area contributed by atoms with E-state index in [-0.39, 0.29) is 17.8 Å². The molecule has 0 atom stereocenters. The van der Waals surface area contributed by atoms with Gasteiger partial charge in [-0.1, -0.05) is 54.6 Å². The molecule has 2 heterocycles. The lowest BCUT2D eigenvalue weighted by atomic mass is 10.1. The Labute approximate surface area is 167 Å². The van der Waals surface area contributed by atoms with Crippen LogP contribution in [0.4, 0.5) is 0 Å². The maximum absolute atomic E-state index is 13.4. The Hall–Kier alpha value is -2.92. The van der Waals surface area contributed by atoms with Gasteiger partial charge in [-0.25, -0.2) is 4.79 Å². The fourth-order valence-corrected chi connectivity index (χ4v) is 4.65. The van der Waals surface area contributed by atoms with Crippen LogP contribution in [0.2, 0.25) is 0 Å². The summed E-state index contributed by atoms with van der Waals surface area (Å²) in [5.41, 5.74) is 3.66. The zero-order chi connectivity index (χ0) is 19.8. The molecule has 2 aromatic carbocycles. The van der Waals surface area contributed by atoms with Gasteiger partial charge in [-0.15, -0.1) is 11.3 Å². The summed E-state index contributed by atoms with van der Waals surface area (Å²) < 4.78 is 3.13. The number of hydrogen-bond donors (Lipinski definition) is 0. The van der Waals surface area contributed by atoms with Crippen molar-refractivity contribution in [3.63, 3.8) is 0 Å². The maximum atomic E-state index is 13.4. The summed E-state index contributed by atoms with van der Waals surface area (Å²) in [6.07, 6.45) is 0. The highest BCUT2D eigenvalue weighted by molar-refractivity contribution is 7.18. The number of thiophene rings is 1. The highest BCUT2D eigenvalue weighted by atomic mass is 32.1. The van der Waals surface area contributed by atoms with E-state index in [0.29, 0.717) is 11.9 Å². The highest BCUT2D eigenvalue weighted by Crippen LogP contribution is 2.27. The number of aromatic nitrogens is 2. The Bertz CT molecular complexity index is 1280. The monoisotopic (exact) mass is 390 g/mol. The smallest absolute Gasteiger partial charge is 0.280 e. The van der Waals surface area contributed by atoms with Crippen LogP contribution in [0, 0.1) is 20.8 Å². The van der Waals surface area contributed by atoms with Gasteiger partial charge in [0, 0.05) is 4.88 Å². The van der Waals surface area contributed by atoms with Crippen LogP contribution in [-0.4, -0.2) is 9.13 Å². The third kappa shape index (κ3) is 3.12. The van der Waals surface area contributed by atoms with E-state index in [1.165, 1.54) is 15.9 Å². The molecule has 0 bridgehead atoms. The Balaban J connectivity index is 1.98. The standard InChI is InChI=1S/C23H22N2O2S/c1-15-9-7-8-12-19(15)14-25-22-20(16(2)17(3)28-22)21(26)24(23(25)27)13-18-10-5-4-6-11-18/h4-12H,13-14H2,1-3H3. The van der Waals surface area contributed by atoms with Crippen molar-refractivity contribution in [1.29, 1.82) is 0 Å². The van der Waals surface area contributed by atoms with Gasteiger partial charge in [-0.3, -0.25) is 13.9 Å². The number of rotatable bonds is 4. The molecule has 4 aromatic rings. The third-order valence-corrected chi connectivity index (χ3v) is 6.54. The van der Waals surface area contributed by atoms with Gasteiger partial charge in [0.1, 0.15) is 4.83 Å². The Morgan fingerprint density at radius 3 is 2.21 bits per heavy atom. The summed E-state index contributed by atoms with van der Waals surface area (Å²) in [7, 11) is 0. The Morgan fingerprint density at radius 1 is 0.821 bits per heavy atom. The first-order valence-electron chi connectivity index (χ1n) is 9.29. The lowest BCUT2D eigenvalue weighted by Gasteiger charge is -2.14. The molecule has 4 rings (SSSR count). The minimum absolute atomic E-state index is 0.202. The molecule has 0 N–H and O–H groups in total. The van der Waals surface area contributed by atoms with Crippen LogP contribution in [0.1, 0.15) is 27.1 Å². The minimum Gasteiger partial charge on any atom is -0.280 e. The molecular formula is C23H22N2O2S. The zero-order valence-corrected chi connectivity index (χ0v) is 17.0. The molecule has 0 amide bonds. The van der Waals surface area contributed by atoms with Gasteiger partial charge >= 0.3 is 5.69 Å². The van der Waals surface area contributed by atoms with Gasteiger partial charge in [-0.05, 0) is 43.0 Å². The van der Waals surface area contributed by atoms with Crippen molar-refractivity contribution in [3.8, 4) is 0 Å². The number of benzene rings is 2. The number of hydrogen-bond acceptors (Lipinski definition) is 3. The van der Waals surface area contributed by atoms with E-state index in [2.05, 4.69) is 0 Å². The normalized spacial score (nSPS) is 11.2. The summed E-state index contributed by atoms with van der Waals surface area (Å²) in [6, 6.07) is 17.7. The average Bonchev–Trinajstić information content (AvgIpc) is 2.99. The van der Waals surface area contributed by atoms with Crippen LogP contribution in [0.3, 0.4) is 0 Å². The van der Waals surface area contributed by atoms with Crippen LogP contribution in [0.25, 0.3) is 10.2 Å². The van der Waals surface area contributed by atoms with Crippen LogP contribution >= 0.6 is 11.3 Å². The van der Waals surface area contributed by atoms with E-state index in [1.807, 2.05) is 75.4 Å².